The number of hydrogen-bond acceptors (Lipinski definition) is 4. The second-order valence-corrected chi connectivity index (χ2v) is 11.4. The molecule has 0 bridgehead atoms. The molecule has 0 spiro atoms. The van der Waals surface area contributed by atoms with Crippen LogP contribution in [0.4, 0.5) is 0 Å². The van der Waals surface area contributed by atoms with Gasteiger partial charge in [0.1, 0.15) is 0 Å². The second kappa shape index (κ2) is 10.7. The Morgan fingerprint density at radius 1 is 1.20 bits per heavy atom. The molecule has 1 aromatic rings. The molecule has 0 amide bonds. The van der Waals surface area contributed by atoms with E-state index in [4.69, 9.17) is 11.6 Å². The van der Waals surface area contributed by atoms with Crippen LogP contribution in [-0.4, -0.2) is 47.6 Å². The lowest BCUT2D eigenvalue weighted by Crippen LogP contribution is -2.36. The Morgan fingerprint density at radius 3 is 2.77 bits per heavy atom. The molecular weight excluding hydrogens is 412 g/mol. The van der Waals surface area contributed by atoms with Crippen molar-refractivity contribution >= 4 is 29.1 Å². The van der Waals surface area contributed by atoms with Gasteiger partial charge in [-0.25, -0.2) is 0 Å². The molecule has 1 unspecified atom stereocenters. The number of likely N-dealkylation sites (tertiary alicyclic amines) is 1. The van der Waals surface area contributed by atoms with E-state index in [9.17, 15) is 4.79 Å². The number of ketones is 1. The molecule has 30 heavy (non-hydrogen) atoms. The highest BCUT2D eigenvalue weighted by atomic mass is 35.5. The Morgan fingerprint density at radius 2 is 2.00 bits per heavy atom. The summed E-state index contributed by atoms with van der Waals surface area (Å²) >= 11 is 8.43. The van der Waals surface area contributed by atoms with Crippen LogP contribution in [0.25, 0.3) is 0 Å². The monoisotopic (exact) mass is 446 g/mol. The lowest BCUT2D eigenvalue weighted by atomic mass is 9.90. The van der Waals surface area contributed by atoms with E-state index in [0.29, 0.717) is 12.2 Å². The normalized spacial score (nSPS) is 25.2. The lowest BCUT2D eigenvalue weighted by molar-refractivity contribution is 0.0974. The van der Waals surface area contributed by atoms with Crippen LogP contribution < -0.4 is 5.32 Å². The largest absolute Gasteiger partial charge is 0.316 e. The summed E-state index contributed by atoms with van der Waals surface area (Å²) in [6, 6.07) is 6.38. The van der Waals surface area contributed by atoms with Crippen LogP contribution in [0.15, 0.2) is 29.7 Å². The first kappa shape index (κ1) is 22.4. The molecule has 1 atom stereocenters. The van der Waals surface area contributed by atoms with E-state index in [2.05, 4.69) is 33.8 Å². The SMILES string of the molecule is O=C(CCCC1CCN(CCC2(Cl)CC=CS2)CC1)c1ccc2c(c1)CCNCC2. The quantitative estimate of drug-likeness (QED) is 0.427. The number of nitrogens with one attached hydrogen (secondary N) is 1. The van der Waals surface area contributed by atoms with E-state index < -0.39 is 0 Å². The fraction of sp³-hybridized carbons (Fsp3) is 0.640. The zero-order chi connectivity index (χ0) is 20.8. The average molecular weight is 447 g/mol. The van der Waals surface area contributed by atoms with Crippen molar-refractivity contribution in [2.75, 3.05) is 32.7 Å². The van der Waals surface area contributed by atoms with Crippen LogP contribution in [0.3, 0.4) is 0 Å². The van der Waals surface area contributed by atoms with Gasteiger partial charge < -0.3 is 10.2 Å². The number of fused-ring (bicyclic) bond motifs is 1. The van der Waals surface area contributed by atoms with Gasteiger partial charge in [0, 0.05) is 18.5 Å². The van der Waals surface area contributed by atoms with Crippen LogP contribution in [0.1, 0.15) is 66.4 Å². The van der Waals surface area contributed by atoms with E-state index in [1.807, 2.05) is 6.07 Å². The highest BCUT2D eigenvalue weighted by Gasteiger charge is 2.30. The molecule has 1 aromatic carbocycles. The van der Waals surface area contributed by atoms with E-state index in [0.717, 1.165) is 63.2 Å². The predicted molar refractivity (Wildman–Crippen MR) is 129 cm³/mol. The van der Waals surface area contributed by atoms with Crippen molar-refractivity contribution in [2.24, 2.45) is 5.92 Å². The number of halogens is 1. The molecule has 3 aliphatic heterocycles. The molecule has 3 aliphatic rings. The molecule has 1 saturated heterocycles. The minimum atomic E-state index is -0.0937. The number of thioether (sulfide) groups is 1. The summed E-state index contributed by atoms with van der Waals surface area (Å²) in [6.45, 7) is 5.54. The van der Waals surface area contributed by atoms with Gasteiger partial charge in [-0.2, -0.15) is 0 Å². The van der Waals surface area contributed by atoms with Gasteiger partial charge in [-0.1, -0.05) is 18.2 Å². The number of allylic oxidation sites excluding steroid dienone is 1. The van der Waals surface area contributed by atoms with Crippen molar-refractivity contribution < 1.29 is 4.79 Å². The zero-order valence-electron chi connectivity index (χ0n) is 18.0. The molecule has 0 radical (unpaired) electrons. The highest BCUT2D eigenvalue weighted by Crippen LogP contribution is 2.43. The number of carbonyl (C=O) groups excluding carboxylic acids is 1. The Labute approximate surface area is 191 Å². The van der Waals surface area contributed by atoms with Gasteiger partial charge in [0.05, 0.1) is 4.21 Å². The predicted octanol–water partition coefficient (Wildman–Crippen LogP) is 5.42. The number of rotatable bonds is 8. The Hall–Kier alpha value is -0.810. The Kier molecular flexibility index (Phi) is 7.96. The van der Waals surface area contributed by atoms with Gasteiger partial charge in [0.25, 0.3) is 0 Å². The minimum absolute atomic E-state index is 0.0937. The summed E-state index contributed by atoms with van der Waals surface area (Å²) in [4.78, 5) is 15.3. The van der Waals surface area contributed by atoms with E-state index in [1.165, 1.54) is 43.5 Å². The van der Waals surface area contributed by atoms with Crippen LogP contribution in [0.2, 0.25) is 0 Å². The van der Waals surface area contributed by atoms with Crippen molar-refractivity contribution in [2.45, 2.75) is 62.0 Å². The van der Waals surface area contributed by atoms with Crippen LogP contribution in [-0.2, 0) is 12.8 Å². The van der Waals surface area contributed by atoms with Crippen LogP contribution in [0.5, 0.6) is 0 Å². The molecule has 1 fully saturated rings. The summed E-state index contributed by atoms with van der Waals surface area (Å²) in [5.41, 5.74) is 3.69. The number of piperidine rings is 1. The maximum atomic E-state index is 12.7. The average Bonchev–Trinajstić information content (AvgIpc) is 3.06. The molecule has 4 rings (SSSR count). The molecule has 0 aliphatic carbocycles. The first-order valence-corrected chi connectivity index (χ1v) is 13.0. The first-order chi connectivity index (χ1) is 14.6. The van der Waals surface area contributed by atoms with Crippen molar-refractivity contribution in [1.29, 1.82) is 0 Å². The fourth-order valence-electron chi connectivity index (χ4n) is 4.97. The molecule has 5 heteroatoms. The minimum Gasteiger partial charge on any atom is -0.316 e. The number of nitrogens with zero attached hydrogens (tertiary/aromatic N) is 1. The fourth-order valence-corrected chi connectivity index (χ4v) is 6.14. The number of Topliss-reactive ketones (excluding diaryl/α,β-unsaturated/α-hetero) is 1. The van der Waals surface area contributed by atoms with Crippen molar-refractivity contribution in [3.8, 4) is 0 Å². The summed E-state index contributed by atoms with van der Waals surface area (Å²) in [7, 11) is 0. The smallest absolute Gasteiger partial charge is 0.162 e. The number of hydrogen-bond donors (Lipinski definition) is 1. The molecule has 164 valence electrons. The standard InChI is InChI=1S/C25H35ClN2OS/c26-25(11-2-18-30-25)12-17-28-15-9-20(10-16-28)3-1-4-24(29)23-6-5-21-7-13-27-14-8-22(21)19-23/h2,5-6,18-20,27H,1,3-4,7-17H2. The van der Waals surface area contributed by atoms with Gasteiger partial charge >= 0.3 is 0 Å². The lowest BCUT2D eigenvalue weighted by Gasteiger charge is -2.33. The molecule has 0 aromatic heterocycles. The third-order valence-electron chi connectivity index (χ3n) is 6.99. The van der Waals surface area contributed by atoms with Crippen LogP contribution >= 0.6 is 23.4 Å². The molecule has 3 nitrogen and oxygen atoms in total. The van der Waals surface area contributed by atoms with Crippen LogP contribution in [0, 0.1) is 5.92 Å². The maximum Gasteiger partial charge on any atom is 0.162 e. The summed E-state index contributed by atoms with van der Waals surface area (Å²) in [5, 5.41) is 5.58. The highest BCUT2D eigenvalue weighted by molar-refractivity contribution is 8.04. The van der Waals surface area contributed by atoms with E-state index in [-0.39, 0.29) is 4.21 Å². The molecule has 0 saturated carbocycles. The Bertz CT molecular complexity index is 750. The van der Waals surface area contributed by atoms with E-state index in [1.54, 1.807) is 11.8 Å². The van der Waals surface area contributed by atoms with Crippen molar-refractivity contribution in [3.63, 3.8) is 0 Å². The number of carbonyl (C=O) groups is 1. The number of benzene rings is 1. The molecular formula is C25H35ClN2OS. The van der Waals surface area contributed by atoms with Gasteiger partial charge in [-0.3, -0.25) is 4.79 Å². The summed E-state index contributed by atoms with van der Waals surface area (Å²) in [5.74, 6) is 1.10. The second-order valence-electron chi connectivity index (χ2n) is 9.16. The zero-order valence-corrected chi connectivity index (χ0v) is 19.6. The summed E-state index contributed by atoms with van der Waals surface area (Å²) in [6.07, 6.45) is 11.8. The topological polar surface area (TPSA) is 32.3 Å². The van der Waals surface area contributed by atoms with Gasteiger partial charge in [-0.05, 0) is 106 Å². The third kappa shape index (κ3) is 6.12. The number of alkyl halides is 1. The molecule has 3 heterocycles. The van der Waals surface area contributed by atoms with Crippen molar-refractivity contribution in [3.05, 3.63) is 46.4 Å². The van der Waals surface area contributed by atoms with E-state index >= 15 is 0 Å². The maximum absolute atomic E-state index is 12.7. The summed E-state index contributed by atoms with van der Waals surface area (Å²) < 4.78 is -0.0937. The van der Waals surface area contributed by atoms with Gasteiger partial charge in [0.15, 0.2) is 5.78 Å². The first-order valence-electron chi connectivity index (χ1n) is 11.7. The third-order valence-corrected chi connectivity index (χ3v) is 8.73. The van der Waals surface area contributed by atoms with Gasteiger partial charge in [0.2, 0.25) is 0 Å². The Balaban J connectivity index is 1.15. The van der Waals surface area contributed by atoms with Gasteiger partial charge in [-0.15, -0.1) is 23.4 Å². The van der Waals surface area contributed by atoms with Crippen molar-refractivity contribution in [1.82, 2.24) is 10.2 Å². The molecule has 1 N–H and O–H groups in total.